The quantitative estimate of drug-likeness (QED) is 0.551. The van der Waals surface area contributed by atoms with Gasteiger partial charge in [-0.05, 0) is 30.3 Å². The van der Waals surface area contributed by atoms with Crippen LogP contribution in [0, 0.1) is 5.82 Å². The van der Waals surface area contributed by atoms with Gasteiger partial charge >= 0.3 is 12.0 Å². The maximum absolute atomic E-state index is 14.2. The molecular formula is C24H21FN4O5. The van der Waals surface area contributed by atoms with E-state index in [2.05, 4.69) is 15.6 Å². The van der Waals surface area contributed by atoms with Crippen LogP contribution < -0.4 is 25.0 Å². The molecule has 2 amide bonds. The fourth-order valence-electron chi connectivity index (χ4n) is 3.78. The van der Waals surface area contributed by atoms with Crippen LogP contribution in [0.1, 0.15) is 5.69 Å². The van der Waals surface area contributed by atoms with Crippen molar-refractivity contribution in [2.45, 2.75) is 6.42 Å². The van der Waals surface area contributed by atoms with Gasteiger partial charge in [0.2, 0.25) is 0 Å². The van der Waals surface area contributed by atoms with Gasteiger partial charge < -0.3 is 29.7 Å². The fraction of sp³-hybridized carbons (Fsp3) is 0.208. The molecule has 5 rings (SSSR count). The summed E-state index contributed by atoms with van der Waals surface area (Å²) >= 11 is 0. The maximum Gasteiger partial charge on any atom is 0.323 e. The van der Waals surface area contributed by atoms with Crippen LogP contribution in [0.15, 0.2) is 54.7 Å². The minimum Gasteiger partial charge on any atom is -0.453 e. The molecule has 0 spiro atoms. The number of esters is 1. The number of benzene rings is 2. The third-order valence-electron chi connectivity index (χ3n) is 5.31. The van der Waals surface area contributed by atoms with Gasteiger partial charge in [-0.3, -0.25) is 9.78 Å². The van der Waals surface area contributed by atoms with Crippen LogP contribution in [-0.4, -0.2) is 43.3 Å². The Kier molecular flexibility index (Phi) is 5.96. The summed E-state index contributed by atoms with van der Waals surface area (Å²) < 4.78 is 30.5. The molecule has 0 atom stereocenters. The van der Waals surface area contributed by atoms with Crippen molar-refractivity contribution >= 4 is 29.1 Å². The minimum atomic E-state index is -0.533. The van der Waals surface area contributed by atoms with Crippen LogP contribution in [-0.2, 0) is 16.0 Å². The summed E-state index contributed by atoms with van der Waals surface area (Å²) in [6.07, 6.45) is 1.64. The van der Waals surface area contributed by atoms with Crippen LogP contribution in [0.25, 0.3) is 0 Å². The van der Waals surface area contributed by atoms with E-state index < -0.39 is 11.8 Å². The largest absolute Gasteiger partial charge is 0.453 e. The number of hydrogen-bond donors (Lipinski definition) is 2. The highest BCUT2D eigenvalue weighted by Gasteiger charge is 2.26. The van der Waals surface area contributed by atoms with Crippen LogP contribution in [0.4, 0.5) is 26.2 Å². The van der Waals surface area contributed by atoms with Crippen molar-refractivity contribution in [3.8, 4) is 17.2 Å². The number of carbonyl (C=O) groups excluding carboxylic acids is 2. The van der Waals surface area contributed by atoms with Crippen LogP contribution in [0.5, 0.6) is 17.2 Å². The third-order valence-corrected chi connectivity index (χ3v) is 5.31. The number of nitrogens with one attached hydrogen (secondary N) is 2. The molecule has 2 N–H and O–H groups in total. The number of amides is 2. The molecule has 0 aliphatic carbocycles. The highest BCUT2D eigenvalue weighted by molar-refractivity contribution is 6.00. The molecule has 0 unspecified atom stereocenters. The molecule has 3 heterocycles. The van der Waals surface area contributed by atoms with E-state index in [9.17, 15) is 14.0 Å². The Labute approximate surface area is 194 Å². The topological polar surface area (TPSA) is 102 Å². The lowest BCUT2D eigenvalue weighted by Crippen LogP contribution is -2.36. The number of pyridine rings is 1. The molecule has 174 valence electrons. The molecule has 9 nitrogen and oxygen atoms in total. The first-order chi connectivity index (χ1) is 16.5. The van der Waals surface area contributed by atoms with Crippen molar-refractivity contribution in [3.63, 3.8) is 0 Å². The lowest BCUT2D eigenvalue weighted by molar-refractivity contribution is -0.131. The van der Waals surface area contributed by atoms with Crippen LogP contribution in [0.2, 0.25) is 0 Å². The number of halogens is 1. The lowest BCUT2D eigenvalue weighted by Gasteiger charge is -2.29. The molecule has 2 aliphatic heterocycles. The average molecular weight is 464 g/mol. The van der Waals surface area contributed by atoms with Gasteiger partial charge in [-0.25, -0.2) is 9.18 Å². The third kappa shape index (κ3) is 4.91. The maximum atomic E-state index is 14.2. The Morgan fingerprint density at radius 1 is 1.06 bits per heavy atom. The van der Waals surface area contributed by atoms with Gasteiger partial charge in [0.05, 0.1) is 25.3 Å². The van der Waals surface area contributed by atoms with E-state index in [-0.39, 0.29) is 12.4 Å². The summed E-state index contributed by atoms with van der Waals surface area (Å²) in [5.41, 5.74) is 1.99. The highest BCUT2D eigenvalue weighted by Crippen LogP contribution is 2.37. The smallest absolute Gasteiger partial charge is 0.323 e. The number of carbonyl (C=O) groups is 2. The second kappa shape index (κ2) is 9.36. The number of ether oxygens (including phenoxy) is 3. The van der Waals surface area contributed by atoms with Gasteiger partial charge in [-0.1, -0.05) is 6.07 Å². The van der Waals surface area contributed by atoms with E-state index in [0.717, 1.165) is 0 Å². The predicted octanol–water partition coefficient (Wildman–Crippen LogP) is 3.96. The second-order valence-corrected chi connectivity index (χ2v) is 7.74. The standard InChI is InChI=1S/C24H21FN4O5/c25-15-10-17(12-18(11-15)29-6-8-32-9-7-29)28-24(31)27-16-2-1-3-19(13-16)33-21-4-5-26-20-14-22(30)34-23(20)21/h1-5,10-13H,6-9,14H2,(H2,27,28,31). The second-order valence-electron chi connectivity index (χ2n) is 7.74. The number of rotatable bonds is 5. The molecule has 2 aromatic carbocycles. The number of aromatic nitrogens is 1. The molecule has 1 saturated heterocycles. The number of anilines is 3. The van der Waals surface area contributed by atoms with E-state index in [1.165, 1.54) is 18.3 Å². The van der Waals surface area contributed by atoms with Crippen LogP contribution in [0.3, 0.4) is 0 Å². The average Bonchev–Trinajstić information content (AvgIpc) is 3.21. The predicted molar refractivity (Wildman–Crippen MR) is 122 cm³/mol. The zero-order chi connectivity index (χ0) is 23.5. The summed E-state index contributed by atoms with van der Waals surface area (Å²) in [6, 6.07) is 12.2. The van der Waals surface area contributed by atoms with Crippen molar-refractivity contribution < 1.29 is 28.2 Å². The molecule has 3 aromatic rings. The van der Waals surface area contributed by atoms with Gasteiger partial charge in [0.25, 0.3) is 0 Å². The van der Waals surface area contributed by atoms with Gasteiger partial charge in [0.15, 0.2) is 11.5 Å². The Balaban J connectivity index is 1.26. The lowest BCUT2D eigenvalue weighted by atomic mass is 10.2. The van der Waals surface area contributed by atoms with E-state index in [1.807, 2.05) is 4.90 Å². The summed E-state index contributed by atoms with van der Waals surface area (Å²) in [7, 11) is 0. The van der Waals surface area contributed by atoms with Gasteiger partial charge in [0.1, 0.15) is 11.6 Å². The first-order valence-electron chi connectivity index (χ1n) is 10.7. The van der Waals surface area contributed by atoms with Crippen molar-refractivity contribution in [1.82, 2.24) is 4.98 Å². The van der Waals surface area contributed by atoms with Crippen molar-refractivity contribution in [2.24, 2.45) is 0 Å². The van der Waals surface area contributed by atoms with Crippen molar-refractivity contribution in [2.75, 3.05) is 41.8 Å². The zero-order valence-electron chi connectivity index (χ0n) is 18.0. The fourth-order valence-corrected chi connectivity index (χ4v) is 3.78. The molecule has 0 saturated carbocycles. The number of fused-ring (bicyclic) bond motifs is 1. The molecule has 2 aliphatic rings. The normalized spacial score (nSPS) is 14.9. The first-order valence-corrected chi connectivity index (χ1v) is 10.7. The molecule has 1 fully saturated rings. The SMILES string of the molecule is O=C(Nc1cccc(Oc2ccnc3c2OC(=O)C3)c1)Nc1cc(F)cc(N2CCOCC2)c1. The molecule has 0 bridgehead atoms. The number of morpholine rings is 1. The highest BCUT2D eigenvalue weighted by atomic mass is 19.1. The monoisotopic (exact) mass is 464 g/mol. The number of urea groups is 1. The van der Waals surface area contributed by atoms with E-state index in [0.29, 0.717) is 66.3 Å². The van der Waals surface area contributed by atoms with E-state index in [4.69, 9.17) is 14.2 Å². The van der Waals surface area contributed by atoms with E-state index >= 15 is 0 Å². The summed E-state index contributed by atoms with van der Waals surface area (Å²) in [5, 5.41) is 5.37. The van der Waals surface area contributed by atoms with Crippen LogP contribution >= 0.6 is 0 Å². The molecular weight excluding hydrogens is 443 g/mol. The molecule has 0 radical (unpaired) electrons. The molecule has 10 heteroatoms. The summed E-state index contributed by atoms with van der Waals surface area (Å²) in [4.78, 5) is 30.2. The zero-order valence-corrected chi connectivity index (χ0v) is 18.0. The van der Waals surface area contributed by atoms with E-state index in [1.54, 1.807) is 36.4 Å². The van der Waals surface area contributed by atoms with Crippen molar-refractivity contribution in [3.05, 3.63) is 66.2 Å². The van der Waals surface area contributed by atoms with Crippen molar-refractivity contribution in [1.29, 1.82) is 0 Å². The Morgan fingerprint density at radius 3 is 2.74 bits per heavy atom. The molecule has 1 aromatic heterocycles. The summed E-state index contributed by atoms with van der Waals surface area (Å²) in [6.45, 7) is 2.45. The Bertz CT molecular complexity index is 1250. The van der Waals surface area contributed by atoms with Gasteiger partial charge in [-0.2, -0.15) is 0 Å². The Morgan fingerprint density at radius 2 is 1.88 bits per heavy atom. The molecule has 34 heavy (non-hydrogen) atoms. The first kappa shape index (κ1) is 21.7. The Hall–Kier alpha value is -4.18. The minimum absolute atomic E-state index is 0.0988. The summed E-state index contributed by atoms with van der Waals surface area (Å²) in [5.74, 6) is 0.244. The number of nitrogens with zero attached hydrogens (tertiary/aromatic N) is 2. The van der Waals surface area contributed by atoms with Gasteiger partial charge in [-0.15, -0.1) is 0 Å². The van der Waals surface area contributed by atoms with Gasteiger partial charge in [0, 0.05) is 48.5 Å². The number of hydrogen-bond acceptors (Lipinski definition) is 7.